The molecule has 0 radical (unpaired) electrons. The third kappa shape index (κ3) is 6.42. The maximum absolute atomic E-state index is 12.6. The number of rotatable bonds is 8. The summed E-state index contributed by atoms with van der Waals surface area (Å²) in [6.45, 7) is 6.95. The second-order valence-corrected chi connectivity index (χ2v) is 9.28. The summed E-state index contributed by atoms with van der Waals surface area (Å²) < 4.78 is 30.3. The molecular formula is C17H28N4O5S. The normalized spacial score (nSPS) is 21.0. The van der Waals surface area contributed by atoms with Crippen molar-refractivity contribution in [2.24, 2.45) is 0 Å². The van der Waals surface area contributed by atoms with E-state index in [1.807, 2.05) is 0 Å². The molecule has 1 saturated carbocycles. The van der Waals surface area contributed by atoms with Gasteiger partial charge in [0.05, 0.1) is 18.4 Å². The zero-order valence-corrected chi connectivity index (χ0v) is 16.7. The number of carbonyl (C=O) groups excluding carboxylic acids is 1. The molecule has 152 valence electrons. The van der Waals surface area contributed by atoms with Gasteiger partial charge in [0, 0.05) is 18.2 Å². The zero-order valence-electron chi connectivity index (χ0n) is 15.9. The average Bonchev–Trinajstić information content (AvgIpc) is 3.03. The first-order chi connectivity index (χ1) is 12.5. The van der Waals surface area contributed by atoms with Crippen LogP contribution in [0.25, 0.3) is 5.57 Å². The summed E-state index contributed by atoms with van der Waals surface area (Å²) >= 11 is 0. The van der Waals surface area contributed by atoms with Crippen LogP contribution in [0.4, 0.5) is 5.88 Å². The van der Waals surface area contributed by atoms with Gasteiger partial charge in [0.1, 0.15) is 5.69 Å². The molecule has 1 fully saturated rings. The lowest BCUT2D eigenvalue weighted by atomic mass is 9.89. The van der Waals surface area contributed by atoms with E-state index in [1.165, 1.54) is 6.07 Å². The van der Waals surface area contributed by atoms with Gasteiger partial charge in [0.15, 0.2) is 0 Å². The zero-order chi connectivity index (χ0) is 20.2. The maximum atomic E-state index is 12.6. The van der Waals surface area contributed by atoms with Crippen molar-refractivity contribution in [3.8, 4) is 0 Å². The number of aliphatic hydroxyl groups excluding tert-OH is 1. The Balaban J connectivity index is 1.87. The van der Waals surface area contributed by atoms with Crippen molar-refractivity contribution < 1.29 is 22.8 Å². The highest BCUT2D eigenvalue weighted by molar-refractivity contribution is 7.88. The first-order valence-electron chi connectivity index (χ1n) is 8.82. The van der Waals surface area contributed by atoms with Gasteiger partial charge >= 0.3 is 0 Å². The largest absolute Gasteiger partial charge is 0.392 e. The standard InChI is InChI=1S/C17H28N4O5S/c1-11(10-22)14-9-15(26-20-14)18-16(23)17(2,3)19-12-5-7-13(8-6-12)21-27(4,24)25/h9,12-13,19,21-22H,1,5-8,10H2,2-4H3,(H,18,23)/t12-,13+. The van der Waals surface area contributed by atoms with Gasteiger partial charge in [-0.1, -0.05) is 11.7 Å². The lowest BCUT2D eigenvalue weighted by Crippen LogP contribution is -2.55. The summed E-state index contributed by atoms with van der Waals surface area (Å²) in [4.78, 5) is 12.6. The Morgan fingerprint density at radius 2 is 1.93 bits per heavy atom. The molecule has 0 bridgehead atoms. The van der Waals surface area contributed by atoms with Gasteiger partial charge in [-0.2, -0.15) is 0 Å². The van der Waals surface area contributed by atoms with Crippen LogP contribution in [0.15, 0.2) is 17.2 Å². The van der Waals surface area contributed by atoms with Crippen LogP contribution in [0.1, 0.15) is 45.2 Å². The molecule has 0 unspecified atom stereocenters. The molecule has 1 aromatic rings. The Morgan fingerprint density at radius 1 is 1.33 bits per heavy atom. The molecule has 9 nitrogen and oxygen atoms in total. The summed E-state index contributed by atoms with van der Waals surface area (Å²) in [5.74, 6) is -0.100. The molecule has 1 aliphatic carbocycles. The molecule has 4 N–H and O–H groups in total. The van der Waals surface area contributed by atoms with E-state index in [0.29, 0.717) is 11.3 Å². The van der Waals surface area contributed by atoms with Gasteiger partial charge in [0.25, 0.3) is 0 Å². The first kappa shape index (κ1) is 21.5. The van der Waals surface area contributed by atoms with Gasteiger partial charge in [-0.15, -0.1) is 0 Å². The molecule has 10 heteroatoms. The second kappa shape index (κ2) is 8.51. The van der Waals surface area contributed by atoms with E-state index in [4.69, 9.17) is 9.63 Å². The van der Waals surface area contributed by atoms with Crippen LogP contribution < -0.4 is 15.4 Å². The third-order valence-corrected chi connectivity index (χ3v) is 5.30. The minimum absolute atomic E-state index is 0.0535. The average molecular weight is 401 g/mol. The Morgan fingerprint density at radius 3 is 2.48 bits per heavy atom. The van der Waals surface area contributed by atoms with E-state index in [0.717, 1.165) is 31.9 Å². The van der Waals surface area contributed by atoms with Crippen LogP contribution in [0.5, 0.6) is 0 Å². The number of nitrogens with one attached hydrogen (secondary N) is 3. The molecule has 0 spiro atoms. The van der Waals surface area contributed by atoms with Crippen molar-refractivity contribution in [3.63, 3.8) is 0 Å². The second-order valence-electron chi connectivity index (χ2n) is 7.50. The molecule has 1 heterocycles. The minimum atomic E-state index is -3.20. The Bertz CT molecular complexity index is 779. The smallest absolute Gasteiger partial charge is 0.246 e. The van der Waals surface area contributed by atoms with Gasteiger partial charge in [0.2, 0.25) is 21.8 Å². The fourth-order valence-corrected chi connectivity index (χ4v) is 3.93. The highest BCUT2D eigenvalue weighted by Crippen LogP contribution is 2.22. The highest BCUT2D eigenvalue weighted by atomic mass is 32.2. The first-order valence-corrected chi connectivity index (χ1v) is 10.7. The lowest BCUT2D eigenvalue weighted by molar-refractivity contribution is -0.121. The molecule has 0 atom stereocenters. The predicted octanol–water partition coefficient (Wildman–Crippen LogP) is 0.847. The SMILES string of the molecule is C=C(CO)c1cc(NC(=O)C(C)(C)N[C@H]2CC[C@@H](NS(C)(=O)=O)CC2)on1. The van der Waals surface area contributed by atoms with E-state index in [2.05, 4.69) is 27.1 Å². The lowest BCUT2D eigenvalue weighted by Gasteiger charge is -2.35. The van der Waals surface area contributed by atoms with Crippen LogP contribution >= 0.6 is 0 Å². The van der Waals surface area contributed by atoms with E-state index < -0.39 is 15.6 Å². The van der Waals surface area contributed by atoms with Crippen LogP contribution in [-0.4, -0.2) is 55.1 Å². The van der Waals surface area contributed by atoms with Crippen LogP contribution in [0, 0.1) is 0 Å². The minimum Gasteiger partial charge on any atom is -0.392 e. The number of nitrogens with zero attached hydrogens (tertiary/aromatic N) is 1. The number of aliphatic hydroxyl groups is 1. The number of carbonyl (C=O) groups is 1. The number of hydrogen-bond donors (Lipinski definition) is 4. The van der Waals surface area contributed by atoms with Crippen molar-refractivity contribution >= 4 is 27.4 Å². The van der Waals surface area contributed by atoms with Crippen molar-refractivity contribution in [2.45, 2.75) is 57.2 Å². The fourth-order valence-electron chi connectivity index (χ4n) is 3.08. The number of amides is 1. The van der Waals surface area contributed by atoms with E-state index in [9.17, 15) is 13.2 Å². The van der Waals surface area contributed by atoms with Crippen LogP contribution in [0.3, 0.4) is 0 Å². The van der Waals surface area contributed by atoms with Crippen LogP contribution in [0.2, 0.25) is 0 Å². The Kier molecular flexibility index (Phi) is 6.79. The molecule has 27 heavy (non-hydrogen) atoms. The third-order valence-electron chi connectivity index (χ3n) is 4.54. The monoisotopic (exact) mass is 400 g/mol. The van der Waals surface area contributed by atoms with Crippen molar-refractivity contribution in [1.82, 2.24) is 15.2 Å². The summed E-state index contributed by atoms with van der Waals surface area (Å²) in [6.07, 6.45) is 4.14. The van der Waals surface area contributed by atoms with E-state index >= 15 is 0 Å². The van der Waals surface area contributed by atoms with Crippen molar-refractivity contribution in [3.05, 3.63) is 18.3 Å². The van der Waals surface area contributed by atoms with E-state index in [-0.39, 0.29) is 30.5 Å². The molecule has 0 aromatic carbocycles. The quantitative estimate of drug-likeness (QED) is 0.508. The Labute approximate surface area is 159 Å². The summed E-state index contributed by atoms with van der Waals surface area (Å²) in [7, 11) is -3.20. The van der Waals surface area contributed by atoms with Gasteiger partial charge in [-0.3, -0.25) is 10.1 Å². The molecule has 1 amide bonds. The summed E-state index contributed by atoms with van der Waals surface area (Å²) in [6, 6.07) is 1.57. The Hall–Kier alpha value is -1.75. The summed E-state index contributed by atoms with van der Waals surface area (Å²) in [5.41, 5.74) is -0.0748. The fraction of sp³-hybridized carbons (Fsp3) is 0.647. The molecule has 1 aromatic heterocycles. The molecular weight excluding hydrogens is 372 g/mol. The molecule has 0 aliphatic heterocycles. The van der Waals surface area contributed by atoms with Crippen molar-refractivity contribution in [2.75, 3.05) is 18.2 Å². The number of aromatic nitrogens is 1. The van der Waals surface area contributed by atoms with Gasteiger partial charge in [-0.05, 0) is 45.1 Å². The van der Waals surface area contributed by atoms with Crippen molar-refractivity contribution in [1.29, 1.82) is 0 Å². The molecule has 1 aliphatic rings. The number of sulfonamides is 1. The summed E-state index contributed by atoms with van der Waals surface area (Å²) in [5, 5.41) is 18.8. The van der Waals surface area contributed by atoms with Gasteiger partial charge in [-0.25, -0.2) is 13.1 Å². The number of anilines is 1. The number of hydrogen-bond acceptors (Lipinski definition) is 7. The highest BCUT2D eigenvalue weighted by Gasteiger charge is 2.33. The van der Waals surface area contributed by atoms with Crippen LogP contribution in [-0.2, 0) is 14.8 Å². The molecule has 0 saturated heterocycles. The van der Waals surface area contributed by atoms with Gasteiger partial charge < -0.3 is 14.9 Å². The molecule has 2 rings (SSSR count). The topological polar surface area (TPSA) is 134 Å². The predicted molar refractivity (Wildman–Crippen MR) is 102 cm³/mol. The van der Waals surface area contributed by atoms with E-state index in [1.54, 1.807) is 13.8 Å². The maximum Gasteiger partial charge on any atom is 0.246 e.